The molecule has 4 heterocycles. The average Bonchev–Trinajstić information content (AvgIpc) is 3.43. The van der Waals surface area contributed by atoms with Crippen molar-refractivity contribution in [3.8, 4) is 17.1 Å². The molecule has 1 saturated heterocycles. The van der Waals surface area contributed by atoms with E-state index in [0.717, 1.165) is 30.8 Å². The zero-order valence-corrected chi connectivity index (χ0v) is 16.0. The lowest BCUT2D eigenvalue weighted by molar-refractivity contribution is 0.0683. The molecule has 0 radical (unpaired) electrons. The first-order valence-electron chi connectivity index (χ1n) is 9.66. The summed E-state index contributed by atoms with van der Waals surface area (Å²) in [6.45, 7) is 3.77. The number of nitrogens with zero attached hydrogens (tertiary/aromatic N) is 7. The number of carbonyl (C=O) groups excluding carboxylic acids is 1. The predicted octanol–water partition coefficient (Wildman–Crippen LogP) is 2.47. The van der Waals surface area contributed by atoms with Gasteiger partial charge in [-0.1, -0.05) is 12.1 Å². The van der Waals surface area contributed by atoms with Crippen molar-refractivity contribution < 1.29 is 4.79 Å². The van der Waals surface area contributed by atoms with Gasteiger partial charge in [0.15, 0.2) is 11.5 Å². The van der Waals surface area contributed by atoms with E-state index in [2.05, 4.69) is 37.4 Å². The van der Waals surface area contributed by atoms with Crippen molar-refractivity contribution in [2.45, 2.75) is 19.8 Å². The van der Waals surface area contributed by atoms with Crippen LogP contribution in [0.1, 0.15) is 30.1 Å². The Morgan fingerprint density at radius 3 is 2.83 bits per heavy atom. The van der Waals surface area contributed by atoms with Crippen LogP contribution in [0, 0.1) is 5.92 Å². The highest BCUT2D eigenvalue weighted by molar-refractivity contribution is 5.96. The molecule has 0 spiro atoms. The van der Waals surface area contributed by atoms with E-state index in [-0.39, 0.29) is 5.91 Å². The molecule has 0 unspecified atom stereocenters. The Balaban J connectivity index is 1.43. The van der Waals surface area contributed by atoms with Crippen molar-refractivity contribution in [1.82, 2.24) is 40.1 Å². The first kappa shape index (κ1) is 17.5. The molecule has 1 fully saturated rings. The Morgan fingerprint density at radius 2 is 2.07 bits per heavy atom. The number of likely N-dealkylation sites (tertiary alicyclic amines) is 1. The van der Waals surface area contributed by atoms with Crippen LogP contribution < -0.4 is 0 Å². The average molecular weight is 388 g/mol. The molecule has 146 valence electrons. The minimum absolute atomic E-state index is 0.0110. The van der Waals surface area contributed by atoms with Gasteiger partial charge in [0, 0.05) is 24.8 Å². The van der Waals surface area contributed by atoms with E-state index >= 15 is 0 Å². The molecule has 0 bridgehead atoms. The molecule has 5 rings (SSSR count). The summed E-state index contributed by atoms with van der Waals surface area (Å²) < 4.78 is 1.66. The van der Waals surface area contributed by atoms with Gasteiger partial charge in [-0.2, -0.15) is 4.68 Å². The molecule has 9 heteroatoms. The van der Waals surface area contributed by atoms with Crippen molar-refractivity contribution in [3.05, 3.63) is 48.4 Å². The summed E-state index contributed by atoms with van der Waals surface area (Å²) in [5.74, 6) is 1.25. The van der Waals surface area contributed by atoms with Gasteiger partial charge in [0.05, 0.1) is 11.3 Å². The number of hydrogen-bond donors (Lipinski definition) is 1. The van der Waals surface area contributed by atoms with Crippen LogP contribution in [0.5, 0.6) is 0 Å². The number of benzene rings is 1. The molecule has 0 saturated carbocycles. The molecule has 0 aliphatic carbocycles. The lowest BCUT2D eigenvalue weighted by Crippen LogP contribution is -2.39. The van der Waals surface area contributed by atoms with Gasteiger partial charge in [-0.3, -0.25) is 4.79 Å². The highest BCUT2D eigenvalue weighted by Gasteiger charge is 2.23. The lowest BCUT2D eigenvalue weighted by atomic mass is 10.00. The molecule has 1 aliphatic heterocycles. The zero-order chi connectivity index (χ0) is 19.8. The molecule has 3 aromatic heterocycles. The maximum atomic E-state index is 12.8. The van der Waals surface area contributed by atoms with Gasteiger partial charge < -0.3 is 9.88 Å². The third kappa shape index (κ3) is 3.24. The van der Waals surface area contributed by atoms with Crippen LogP contribution in [0.15, 0.2) is 42.9 Å². The normalized spacial score (nSPS) is 17.0. The highest BCUT2D eigenvalue weighted by Crippen LogP contribution is 2.21. The molecule has 1 atom stereocenters. The van der Waals surface area contributed by atoms with Crippen LogP contribution in [0.3, 0.4) is 0 Å². The van der Waals surface area contributed by atoms with Gasteiger partial charge in [-0.25, -0.2) is 4.98 Å². The van der Waals surface area contributed by atoms with E-state index in [4.69, 9.17) is 0 Å². The fourth-order valence-corrected chi connectivity index (χ4v) is 3.77. The van der Waals surface area contributed by atoms with Crippen molar-refractivity contribution >= 4 is 17.1 Å². The third-order valence-electron chi connectivity index (χ3n) is 5.28. The van der Waals surface area contributed by atoms with Crippen LogP contribution in [0.2, 0.25) is 0 Å². The second kappa shape index (κ2) is 7.08. The predicted molar refractivity (Wildman–Crippen MR) is 106 cm³/mol. The first-order valence-corrected chi connectivity index (χ1v) is 9.66. The fourth-order valence-electron chi connectivity index (χ4n) is 3.77. The van der Waals surface area contributed by atoms with Gasteiger partial charge in [0.2, 0.25) is 0 Å². The largest absolute Gasteiger partial charge is 0.338 e. The summed E-state index contributed by atoms with van der Waals surface area (Å²) >= 11 is 0. The number of hydrogen-bond acceptors (Lipinski definition) is 6. The maximum Gasteiger partial charge on any atom is 0.255 e. The highest BCUT2D eigenvalue weighted by atomic mass is 16.2. The molecule has 1 aliphatic rings. The van der Waals surface area contributed by atoms with Crippen LogP contribution in [-0.4, -0.2) is 59.1 Å². The Kier molecular flexibility index (Phi) is 4.27. The van der Waals surface area contributed by atoms with Crippen LogP contribution in [0.25, 0.3) is 28.2 Å². The topological polar surface area (TPSA) is 105 Å². The van der Waals surface area contributed by atoms with Crippen LogP contribution in [-0.2, 0) is 0 Å². The summed E-state index contributed by atoms with van der Waals surface area (Å²) in [5.41, 5.74) is 3.51. The number of fused-ring (bicyclic) bond motifs is 1. The van der Waals surface area contributed by atoms with Gasteiger partial charge in [-0.05, 0) is 49.1 Å². The number of pyridine rings is 1. The second-order valence-corrected chi connectivity index (χ2v) is 7.45. The van der Waals surface area contributed by atoms with Gasteiger partial charge in [0.1, 0.15) is 11.8 Å². The Bertz CT molecular complexity index is 1150. The first-order chi connectivity index (χ1) is 14.2. The number of aromatic amines is 1. The SMILES string of the molecule is C[C@H]1CCCN(C(=O)c2cnc3c(c2)nnn3-c2ccc(-c3nnc[nH]3)cc2)C1. The van der Waals surface area contributed by atoms with E-state index in [9.17, 15) is 4.79 Å². The monoisotopic (exact) mass is 388 g/mol. The molecular weight excluding hydrogens is 368 g/mol. The Labute approximate surface area is 166 Å². The van der Waals surface area contributed by atoms with Crippen LogP contribution >= 0.6 is 0 Å². The van der Waals surface area contributed by atoms with Gasteiger partial charge >= 0.3 is 0 Å². The maximum absolute atomic E-state index is 12.8. The number of aromatic nitrogens is 7. The van der Waals surface area contributed by atoms with E-state index in [1.165, 1.54) is 6.42 Å². The van der Waals surface area contributed by atoms with Gasteiger partial charge in [0.25, 0.3) is 5.91 Å². The molecule has 1 N–H and O–H groups in total. The third-order valence-corrected chi connectivity index (χ3v) is 5.28. The number of rotatable bonds is 3. The van der Waals surface area contributed by atoms with Crippen molar-refractivity contribution in [2.24, 2.45) is 5.92 Å². The van der Waals surface area contributed by atoms with Crippen molar-refractivity contribution in [1.29, 1.82) is 0 Å². The Morgan fingerprint density at radius 1 is 1.21 bits per heavy atom. The van der Waals surface area contributed by atoms with Crippen molar-refractivity contribution in [2.75, 3.05) is 13.1 Å². The quantitative estimate of drug-likeness (QED) is 0.578. The number of carbonyl (C=O) groups is 1. The van der Waals surface area contributed by atoms with E-state index < -0.39 is 0 Å². The summed E-state index contributed by atoms with van der Waals surface area (Å²) in [6.07, 6.45) is 5.38. The summed E-state index contributed by atoms with van der Waals surface area (Å²) in [5, 5.41) is 16.3. The lowest BCUT2D eigenvalue weighted by Gasteiger charge is -2.30. The molecule has 4 aromatic rings. The minimum atomic E-state index is 0.0110. The van der Waals surface area contributed by atoms with Gasteiger partial charge in [-0.15, -0.1) is 15.3 Å². The minimum Gasteiger partial charge on any atom is -0.338 e. The number of amides is 1. The zero-order valence-electron chi connectivity index (χ0n) is 16.0. The Hall–Kier alpha value is -3.62. The van der Waals surface area contributed by atoms with Crippen LogP contribution in [0.4, 0.5) is 0 Å². The molecule has 9 nitrogen and oxygen atoms in total. The summed E-state index contributed by atoms with van der Waals surface area (Å²) in [7, 11) is 0. The van der Waals surface area contributed by atoms with E-state index in [0.29, 0.717) is 28.5 Å². The molecule has 29 heavy (non-hydrogen) atoms. The van der Waals surface area contributed by atoms with Crippen molar-refractivity contribution in [3.63, 3.8) is 0 Å². The van der Waals surface area contributed by atoms with E-state index in [1.807, 2.05) is 29.2 Å². The molecule has 1 amide bonds. The summed E-state index contributed by atoms with van der Waals surface area (Å²) in [4.78, 5) is 22.2. The fraction of sp³-hybridized carbons (Fsp3) is 0.300. The smallest absolute Gasteiger partial charge is 0.255 e. The number of H-pyrrole nitrogens is 1. The summed E-state index contributed by atoms with van der Waals surface area (Å²) in [6, 6.07) is 9.47. The second-order valence-electron chi connectivity index (χ2n) is 7.45. The number of piperidine rings is 1. The number of nitrogens with one attached hydrogen (secondary N) is 1. The molecule has 1 aromatic carbocycles. The van der Waals surface area contributed by atoms with E-state index in [1.54, 1.807) is 23.3 Å². The standard InChI is InChI=1S/C20H20N8O/c1-13-3-2-8-27(11-13)20(29)15-9-17-19(21-10-15)28(26-24-17)16-6-4-14(5-7-16)18-22-12-23-25-18/h4-7,9-10,12-13H,2-3,8,11H2,1H3,(H,22,23,25)/t13-/m0/s1. The molecular formula is C20H20N8O.